The third kappa shape index (κ3) is 4.56. The molecule has 0 saturated carbocycles. The van der Waals surface area contributed by atoms with E-state index in [1.54, 1.807) is 0 Å². The maximum Gasteiger partial charge on any atom is 0.256 e. The SMILES string of the molecule is CCN(CC)Cc1ccccc1CNC(=O)c1c(F)cccc1Cl. The summed E-state index contributed by atoms with van der Waals surface area (Å²) in [6.07, 6.45) is 0. The van der Waals surface area contributed by atoms with Crippen molar-refractivity contribution in [2.45, 2.75) is 26.9 Å². The molecule has 1 amide bonds. The van der Waals surface area contributed by atoms with Gasteiger partial charge in [-0.15, -0.1) is 0 Å². The van der Waals surface area contributed by atoms with Crippen molar-refractivity contribution in [1.29, 1.82) is 0 Å². The number of benzene rings is 2. The number of carbonyl (C=O) groups excluding carboxylic acids is 1. The Kier molecular flexibility index (Phi) is 6.76. The van der Waals surface area contributed by atoms with Crippen LogP contribution in [0.3, 0.4) is 0 Å². The van der Waals surface area contributed by atoms with E-state index in [0.717, 1.165) is 30.8 Å². The number of hydrogen-bond acceptors (Lipinski definition) is 2. The van der Waals surface area contributed by atoms with Crippen LogP contribution in [0.5, 0.6) is 0 Å². The zero-order valence-electron chi connectivity index (χ0n) is 14.0. The molecule has 2 rings (SSSR count). The van der Waals surface area contributed by atoms with Crippen molar-refractivity contribution in [1.82, 2.24) is 10.2 Å². The molecule has 0 aliphatic carbocycles. The number of halogens is 2. The van der Waals surface area contributed by atoms with Crippen LogP contribution in [0.4, 0.5) is 4.39 Å². The van der Waals surface area contributed by atoms with E-state index in [1.807, 2.05) is 18.2 Å². The lowest BCUT2D eigenvalue weighted by Gasteiger charge is -2.20. The molecule has 0 aromatic heterocycles. The average molecular weight is 349 g/mol. The lowest BCUT2D eigenvalue weighted by molar-refractivity contribution is 0.0947. The van der Waals surface area contributed by atoms with Gasteiger partial charge in [-0.2, -0.15) is 0 Å². The van der Waals surface area contributed by atoms with Gasteiger partial charge in [-0.05, 0) is 36.3 Å². The number of carbonyl (C=O) groups is 1. The first-order valence-corrected chi connectivity index (χ1v) is 8.45. The molecule has 24 heavy (non-hydrogen) atoms. The average Bonchev–Trinajstić information content (AvgIpc) is 2.58. The summed E-state index contributed by atoms with van der Waals surface area (Å²) in [5.41, 5.74) is 2.06. The molecule has 1 N–H and O–H groups in total. The molecule has 5 heteroatoms. The van der Waals surface area contributed by atoms with E-state index >= 15 is 0 Å². The van der Waals surface area contributed by atoms with Crippen LogP contribution in [0.2, 0.25) is 5.02 Å². The van der Waals surface area contributed by atoms with Crippen LogP contribution < -0.4 is 5.32 Å². The summed E-state index contributed by atoms with van der Waals surface area (Å²) < 4.78 is 13.8. The minimum absolute atomic E-state index is 0.111. The molecule has 2 aromatic rings. The molecule has 0 spiro atoms. The van der Waals surface area contributed by atoms with Gasteiger partial charge in [0, 0.05) is 13.1 Å². The van der Waals surface area contributed by atoms with Gasteiger partial charge >= 0.3 is 0 Å². The standard InChI is InChI=1S/C19H22ClFN2O/c1-3-23(4-2)13-15-9-6-5-8-14(15)12-22-19(24)18-16(20)10-7-11-17(18)21/h5-11H,3-4,12-13H2,1-2H3,(H,22,24). The van der Waals surface area contributed by atoms with Crippen molar-refractivity contribution >= 4 is 17.5 Å². The van der Waals surface area contributed by atoms with Crippen molar-refractivity contribution in [3.05, 3.63) is 70.0 Å². The first-order valence-electron chi connectivity index (χ1n) is 8.08. The van der Waals surface area contributed by atoms with Crippen molar-refractivity contribution in [2.75, 3.05) is 13.1 Å². The molecule has 0 unspecified atom stereocenters. The number of nitrogens with one attached hydrogen (secondary N) is 1. The predicted molar refractivity (Wildman–Crippen MR) is 95.6 cm³/mol. The van der Waals surface area contributed by atoms with Crippen LogP contribution in [-0.2, 0) is 13.1 Å². The van der Waals surface area contributed by atoms with Crippen molar-refractivity contribution < 1.29 is 9.18 Å². The van der Waals surface area contributed by atoms with Crippen molar-refractivity contribution in [3.8, 4) is 0 Å². The zero-order valence-corrected chi connectivity index (χ0v) is 14.7. The lowest BCUT2D eigenvalue weighted by Crippen LogP contribution is -2.26. The maximum atomic E-state index is 13.8. The highest BCUT2D eigenvalue weighted by atomic mass is 35.5. The highest BCUT2D eigenvalue weighted by molar-refractivity contribution is 6.33. The molecule has 0 atom stereocenters. The second-order valence-electron chi connectivity index (χ2n) is 5.51. The third-order valence-corrected chi connectivity index (χ3v) is 4.35. The van der Waals surface area contributed by atoms with Crippen molar-refractivity contribution in [3.63, 3.8) is 0 Å². The quantitative estimate of drug-likeness (QED) is 0.811. The predicted octanol–water partition coefficient (Wildman–Crippen LogP) is 4.25. The molecule has 128 valence electrons. The van der Waals surface area contributed by atoms with Gasteiger partial charge in [-0.3, -0.25) is 9.69 Å². The number of hydrogen-bond donors (Lipinski definition) is 1. The molecule has 0 aliphatic rings. The van der Waals surface area contributed by atoms with Gasteiger partial charge in [0.15, 0.2) is 0 Å². The van der Waals surface area contributed by atoms with E-state index in [-0.39, 0.29) is 10.6 Å². The molecule has 0 saturated heterocycles. The Morgan fingerprint density at radius 2 is 1.75 bits per heavy atom. The fraction of sp³-hybridized carbons (Fsp3) is 0.316. The Bertz CT molecular complexity index is 681. The highest BCUT2D eigenvalue weighted by Crippen LogP contribution is 2.19. The summed E-state index contributed by atoms with van der Waals surface area (Å²) in [4.78, 5) is 14.6. The van der Waals surface area contributed by atoms with Gasteiger partial charge in [0.1, 0.15) is 5.82 Å². The van der Waals surface area contributed by atoms with Gasteiger partial charge in [-0.1, -0.05) is 55.8 Å². The van der Waals surface area contributed by atoms with Crippen LogP contribution >= 0.6 is 11.6 Å². The van der Waals surface area contributed by atoms with Crippen LogP contribution in [-0.4, -0.2) is 23.9 Å². The second-order valence-corrected chi connectivity index (χ2v) is 5.92. The van der Waals surface area contributed by atoms with Gasteiger partial charge in [0.05, 0.1) is 10.6 Å². The van der Waals surface area contributed by atoms with Crippen LogP contribution in [0.25, 0.3) is 0 Å². The summed E-state index contributed by atoms with van der Waals surface area (Å²) in [5.74, 6) is -1.12. The normalized spacial score (nSPS) is 10.9. The fourth-order valence-corrected chi connectivity index (χ4v) is 2.80. The highest BCUT2D eigenvalue weighted by Gasteiger charge is 2.16. The topological polar surface area (TPSA) is 32.3 Å². The molecular weight excluding hydrogens is 327 g/mol. The van der Waals surface area contributed by atoms with Crippen LogP contribution in [0.1, 0.15) is 35.3 Å². The molecule has 0 heterocycles. The van der Waals surface area contributed by atoms with Gasteiger partial charge in [0.25, 0.3) is 5.91 Å². The van der Waals surface area contributed by atoms with E-state index in [4.69, 9.17) is 11.6 Å². The molecule has 0 bridgehead atoms. The Balaban J connectivity index is 2.11. The molecule has 0 fully saturated rings. The summed E-state index contributed by atoms with van der Waals surface area (Å²) in [5, 5.41) is 2.88. The Hall–Kier alpha value is -1.91. The molecule has 2 aromatic carbocycles. The van der Waals surface area contributed by atoms with Gasteiger partial charge in [-0.25, -0.2) is 4.39 Å². The minimum atomic E-state index is -0.614. The van der Waals surface area contributed by atoms with E-state index in [9.17, 15) is 9.18 Å². The number of rotatable bonds is 7. The van der Waals surface area contributed by atoms with Crippen LogP contribution in [0, 0.1) is 5.82 Å². The lowest BCUT2D eigenvalue weighted by atomic mass is 10.1. The third-order valence-electron chi connectivity index (χ3n) is 4.04. The molecule has 0 radical (unpaired) electrons. The smallest absolute Gasteiger partial charge is 0.256 e. The second kappa shape index (κ2) is 8.81. The molecular formula is C19H22ClFN2O. The first kappa shape index (κ1) is 18.4. The largest absolute Gasteiger partial charge is 0.348 e. The summed E-state index contributed by atoms with van der Waals surface area (Å²) in [7, 11) is 0. The number of amides is 1. The number of nitrogens with zero attached hydrogens (tertiary/aromatic N) is 1. The monoisotopic (exact) mass is 348 g/mol. The van der Waals surface area contributed by atoms with E-state index < -0.39 is 11.7 Å². The van der Waals surface area contributed by atoms with Crippen LogP contribution in [0.15, 0.2) is 42.5 Å². The van der Waals surface area contributed by atoms with Gasteiger partial charge in [0.2, 0.25) is 0 Å². The maximum absolute atomic E-state index is 13.8. The first-order chi connectivity index (χ1) is 11.6. The molecule has 3 nitrogen and oxygen atoms in total. The van der Waals surface area contributed by atoms with E-state index in [1.165, 1.54) is 18.2 Å². The summed E-state index contributed by atoms with van der Waals surface area (Å²) in [6.45, 7) is 7.31. The fourth-order valence-electron chi connectivity index (χ4n) is 2.55. The minimum Gasteiger partial charge on any atom is -0.348 e. The Morgan fingerprint density at radius 1 is 1.08 bits per heavy atom. The van der Waals surface area contributed by atoms with Crippen molar-refractivity contribution in [2.24, 2.45) is 0 Å². The summed E-state index contributed by atoms with van der Waals surface area (Å²) >= 11 is 5.94. The Labute approximate surface area is 147 Å². The zero-order chi connectivity index (χ0) is 17.5. The van der Waals surface area contributed by atoms with Gasteiger partial charge < -0.3 is 5.32 Å². The van der Waals surface area contributed by atoms with E-state index in [2.05, 4.69) is 30.1 Å². The Morgan fingerprint density at radius 3 is 2.38 bits per heavy atom. The molecule has 0 aliphatic heterocycles. The summed E-state index contributed by atoms with van der Waals surface area (Å²) in [6, 6.07) is 12.2. The van der Waals surface area contributed by atoms with E-state index in [0.29, 0.717) is 6.54 Å².